The molecule has 0 aliphatic rings. The molecular weight excluding hydrogens is 166 g/mol. The molecule has 0 amide bonds. The summed E-state index contributed by atoms with van der Waals surface area (Å²) in [6.45, 7) is 0. The number of aromatic hydroxyl groups is 2. The molecule has 0 aliphatic heterocycles. The second kappa shape index (κ2) is 2.55. The standard InChI is InChI=1S/C10H9NO2/c11-7-3-6-1-2-8(12)5-9(6)10(13)4-7/h1-5,12-13H,11H2. The molecule has 0 saturated carbocycles. The molecule has 0 radical (unpaired) electrons. The molecular formula is C10H9NO2. The predicted octanol–water partition coefficient (Wildman–Crippen LogP) is 1.83. The molecule has 2 aromatic carbocycles. The van der Waals surface area contributed by atoms with Gasteiger partial charge in [0.15, 0.2) is 0 Å². The Morgan fingerprint density at radius 3 is 2.54 bits per heavy atom. The van der Waals surface area contributed by atoms with Gasteiger partial charge in [-0.3, -0.25) is 0 Å². The van der Waals surface area contributed by atoms with E-state index in [1.807, 2.05) is 0 Å². The summed E-state index contributed by atoms with van der Waals surface area (Å²) >= 11 is 0. The summed E-state index contributed by atoms with van der Waals surface area (Å²) in [4.78, 5) is 0. The fraction of sp³-hybridized carbons (Fsp3) is 0. The first-order valence-corrected chi connectivity index (χ1v) is 3.88. The van der Waals surface area contributed by atoms with Crippen molar-refractivity contribution in [1.29, 1.82) is 0 Å². The van der Waals surface area contributed by atoms with Crippen LogP contribution in [0.15, 0.2) is 30.3 Å². The van der Waals surface area contributed by atoms with Crippen molar-refractivity contribution in [3.63, 3.8) is 0 Å². The topological polar surface area (TPSA) is 66.5 Å². The summed E-state index contributed by atoms with van der Waals surface area (Å²) in [6, 6.07) is 7.97. The quantitative estimate of drug-likeness (QED) is 0.535. The lowest BCUT2D eigenvalue weighted by atomic mass is 10.1. The normalized spacial score (nSPS) is 10.5. The minimum Gasteiger partial charge on any atom is -0.508 e. The molecule has 0 spiro atoms. The van der Waals surface area contributed by atoms with Crippen LogP contribution in [0.1, 0.15) is 0 Å². The van der Waals surface area contributed by atoms with Crippen LogP contribution < -0.4 is 5.73 Å². The smallest absolute Gasteiger partial charge is 0.125 e. The molecule has 3 heteroatoms. The summed E-state index contributed by atoms with van der Waals surface area (Å²) in [5.74, 6) is 0.221. The zero-order valence-electron chi connectivity index (χ0n) is 6.86. The van der Waals surface area contributed by atoms with Gasteiger partial charge >= 0.3 is 0 Å². The Morgan fingerprint density at radius 2 is 1.77 bits per heavy atom. The molecule has 0 fully saturated rings. The number of benzene rings is 2. The lowest BCUT2D eigenvalue weighted by Gasteiger charge is -2.02. The maximum absolute atomic E-state index is 9.49. The van der Waals surface area contributed by atoms with Crippen molar-refractivity contribution in [2.75, 3.05) is 5.73 Å². The molecule has 0 heterocycles. The summed E-state index contributed by atoms with van der Waals surface area (Å²) in [7, 11) is 0. The van der Waals surface area contributed by atoms with E-state index in [4.69, 9.17) is 5.73 Å². The highest BCUT2D eigenvalue weighted by Crippen LogP contribution is 2.30. The third kappa shape index (κ3) is 1.24. The van der Waals surface area contributed by atoms with Crippen LogP contribution in [-0.2, 0) is 0 Å². The lowest BCUT2D eigenvalue weighted by Crippen LogP contribution is -1.84. The number of anilines is 1. The zero-order chi connectivity index (χ0) is 9.42. The van der Waals surface area contributed by atoms with E-state index < -0.39 is 0 Å². The van der Waals surface area contributed by atoms with Gasteiger partial charge in [-0.15, -0.1) is 0 Å². The number of hydrogen-bond acceptors (Lipinski definition) is 3. The monoisotopic (exact) mass is 175 g/mol. The lowest BCUT2D eigenvalue weighted by molar-refractivity contribution is 0.472. The van der Waals surface area contributed by atoms with E-state index in [1.54, 1.807) is 18.2 Å². The Kier molecular flexibility index (Phi) is 1.52. The second-order valence-corrected chi connectivity index (χ2v) is 2.95. The zero-order valence-corrected chi connectivity index (χ0v) is 6.86. The van der Waals surface area contributed by atoms with Crippen molar-refractivity contribution < 1.29 is 10.2 Å². The summed E-state index contributed by atoms with van der Waals surface area (Å²) in [5, 5.41) is 20.1. The van der Waals surface area contributed by atoms with Crippen molar-refractivity contribution >= 4 is 16.5 Å². The van der Waals surface area contributed by atoms with E-state index in [9.17, 15) is 10.2 Å². The number of fused-ring (bicyclic) bond motifs is 1. The summed E-state index contributed by atoms with van der Waals surface area (Å²) < 4.78 is 0. The fourth-order valence-electron chi connectivity index (χ4n) is 1.35. The molecule has 0 unspecified atom stereocenters. The van der Waals surface area contributed by atoms with Gasteiger partial charge in [0.1, 0.15) is 11.5 Å². The van der Waals surface area contributed by atoms with E-state index in [0.29, 0.717) is 11.1 Å². The Hall–Kier alpha value is -1.90. The van der Waals surface area contributed by atoms with Crippen LogP contribution in [0, 0.1) is 0 Å². The van der Waals surface area contributed by atoms with E-state index >= 15 is 0 Å². The van der Waals surface area contributed by atoms with E-state index in [-0.39, 0.29) is 11.5 Å². The van der Waals surface area contributed by atoms with Crippen molar-refractivity contribution in [2.45, 2.75) is 0 Å². The van der Waals surface area contributed by atoms with Crippen LogP contribution in [0.5, 0.6) is 11.5 Å². The van der Waals surface area contributed by atoms with Crippen LogP contribution in [0.4, 0.5) is 5.69 Å². The highest BCUT2D eigenvalue weighted by molar-refractivity contribution is 5.91. The van der Waals surface area contributed by atoms with Gasteiger partial charge in [-0.2, -0.15) is 0 Å². The third-order valence-electron chi connectivity index (χ3n) is 1.94. The van der Waals surface area contributed by atoms with Crippen molar-refractivity contribution in [3.8, 4) is 11.5 Å². The summed E-state index contributed by atoms with van der Waals surface area (Å²) in [5.41, 5.74) is 6.05. The van der Waals surface area contributed by atoms with E-state index in [0.717, 1.165) is 5.39 Å². The van der Waals surface area contributed by atoms with E-state index in [1.165, 1.54) is 12.1 Å². The Balaban J connectivity index is 2.87. The number of phenolic OH excluding ortho intramolecular Hbond substituents is 2. The van der Waals surface area contributed by atoms with Gasteiger partial charge in [-0.05, 0) is 23.6 Å². The average Bonchev–Trinajstić information content (AvgIpc) is 2.06. The Labute approximate surface area is 75.0 Å². The molecule has 66 valence electrons. The fourth-order valence-corrected chi connectivity index (χ4v) is 1.35. The Morgan fingerprint density at radius 1 is 1.00 bits per heavy atom. The molecule has 2 aromatic rings. The van der Waals surface area contributed by atoms with Crippen molar-refractivity contribution in [1.82, 2.24) is 0 Å². The van der Waals surface area contributed by atoms with Crippen LogP contribution >= 0.6 is 0 Å². The number of hydrogen-bond donors (Lipinski definition) is 3. The number of phenols is 2. The maximum atomic E-state index is 9.49. The van der Waals surface area contributed by atoms with Gasteiger partial charge < -0.3 is 15.9 Å². The number of nitrogen functional groups attached to an aromatic ring is 1. The highest BCUT2D eigenvalue weighted by atomic mass is 16.3. The number of rotatable bonds is 0. The van der Waals surface area contributed by atoms with Gasteiger partial charge in [0.2, 0.25) is 0 Å². The minimum absolute atomic E-state index is 0.0888. The van der Waals surface area contributed by atoms with Gasteiger partial charge in [-0.1, -0.05) is 6.07 Å². The van der Waals surface area contributed by atoms with Crippen LogP contribution in [0.25, 0.3) is 10.8 Å². The van der Waals surface area contributed by atoms with Gasteiger partial charge in [0.25, 0.3) is 0 Å². The maximum Gasteiger partial charge on any atom is 0.125 e. The number of nitrogens with two attached hydrogens (primary N) is 1. The first-order valence-electron chi connectivity index (χ1n) is 3.88. The molecule has 0 aliphatic carbocycles. The first-order chi connectivity index (χ1) is 6.16. The molecule has 2 rings (SSSR count). The van der Waals surface area contributed by atoms with Crippen LogP contribution in [-0.4, -0.2) is 10.2 Å². The van der Waals surface area contributed by atoms with Crippen LogP contribution in [0.3, 0.4) is 0 Å². The minimum atomic E-state index is 0.0888. The molecule has 13 heavy (non-hydrogen) atoms. The Bertz CT molecular complexity index is 466. The second-order valence-electron chi connectivity index (χ2n) is 2.95. The van der Waals surface area contributed by atoms with Gasteiger partial charge in [0, 0.05) is 17.1 Å². The first kappa shape index (κ1) is 7.73. The van der Waals surface area contributed by atoms with Gasteiger partial charge in [-0.25, -0.2) is 0 Å². The SMILES string of the molecule is Nc1cc(O)c2cc(O)ccc2c1. The summed E-state index contributed by atoms with van der Waals surface area (Å²) in [6.07, 6.45) is 0. The predicted molar refractivity (Wildman–Crippen MR) is 51.7 cm³/mol. The highest BCUT2D eigenvalue weighted by Gasteiger charge is 2.01. The molecule has 0 bridgehead atoms. The molecule has 3 nitrogen and oxygen atoms in total. The molecule has 0 saturated heterocycles. The van der Waals surface area contributed by atoms with Crippen molar-refractivity contribution in [2.24, 2.45) is 0 Å². The average molecular weight is 175 g/mol. The van der Waals surface area contributed by atoms with Crippen LogP contribution in [0.2, 0.25) is 0 Å². The third-order valence-corrected chi connectivity index (χ3v) is 1.94. The molecule has 4 N–H and O–H groups in total. The van der Waals surface area contributed by atoms with E-state index in [2.05, 4.69) is 0 Å². The van der Waals surface area contributed by atoms with Gasteiger partial charge in [0.05, 0.1) is 0 Å². The van der Waals surface area contributed by atoms with Crippen molar-refractivity contribution in [3.05, 3.63) is 30.3 Å². The largest absolute Gasteiger partial charge is 0.508 e. The molecule has 0 aromatic heterocycles. The molecule has 0 atom stereocenters.